The molecule has 2 amide bonds. The van der Waals surface area contributed by atoms with Crippen LogP contribution in [0.25, 0.3) is 0 Å². The summed E-state index contributed by atoms with van der Waals surface area (Å²) in [5.74, 6) is -0.251. The number of amides is 2. The smallest absolute Gasteiger partial charge is 0.258 e. The highest BCUT2D eigenvalue weighted by Crippen LogP contribution is 2.15. The second kappa shape index (κ2) is 8.81. The molecule has 0 aliphatic rings. The molecule has 0 unspecified atom stereocenters. The van der Waals surface area contributed by atoms with Crippen molar-refractivity contribution < 1.29 is 9.59 Å². The largest absolute Gasteiger partial charge is 0.352 e. The Morgan fingerprint density at radius 1 is 0.778 bits per heavy atom. The molecule has 4 nitrogen and oxygen atoms in total. The highest BCUT2D eigenvalue weighted by molar-refractivity contribution is 6.06. The summed E-state index contributed by atoms with van der Waals surface area (Å²) in [7, 11) is 1.74. The van der Waals surface area contributed by atoms with Gasteiger partial charge in [-0.1, -0.05) is 48.5 Å². The highest BCUT2D eigenvalue weighted by atomic mass is 16.2. The highest BCUT2D eigenvalue weighted by Gasteiger charge is 2.14. The lowest BCUT2D eigenvalue weighted by Crippen LogP contribution is -2.27. The van der Waals surface area contributed by atoms with Crippen LogP contribution in [0.4, 0.5) is 5.69 Å². The van der Waals surface area contributed by atoms with Crippen molar-refractivity contribution in [3.8, 4) is 0 Å². The van der Waals surface area contributed by atoms with Crippen molar-refractivity contribution in [3.63, 3.8) is 0 Å². The topological polar surface area (TPSA) is 49.4 Å². The van der Waals surface area contributed by atoms with Gasteiger partial charge in [0.15, 0.2) is 0 Å². The summed E-state index contributed by atoms with van der Waals surface area (Å²) in [5, 5.41) is 2.91. The second-order valence-corrected chi connectivity index (χ2v) is 6.27. The maximum Gasteiger partial charge on any atom is 0.258 e. The number of nitrogens with zero attached hydrogens (tertiary/aromatic N) is 1. The summed E-state index contributed by atoms with van der Waals surface area (Å²) in [6, 6.07) is 26.2. The Labute approximate surface area is 159 Å². The van der Waals surface area contributed by atoms with E-state index in [4.69, 9.17) is 0 Å². The number of anilines is 1. The molecule has 0 aromatic heterocycles. The maximum atomic E-state index is 12.6. The molecule has 136 valence electrons. The normalized spacial score (nSPS) is 10.3. The van der Waals surface area contributed by atoms with E-state index in [-0.39, 0.29) is 11.8 Å². The number of hydrogen-bond acceptors (Lipinski definition) is 2. The minimum absolute atomic E-state index is 0.114. The first-order chi connectivity index (χ1) is 13.1. The number of carbonyl (C=O) groups excluding carboxylic acids is 2. The molecule has 3 aromatic carbocycles. The van der Waals surface area contributed by atoms with Crippen LogP contribution in [0.2, 0.25) is 0 Å². The van der Waals surface area contributed by atoms with Gasteiger partial charge >= 0.3 is 0 Å². The van der Waals surface area contributed by atoms with Gasteiger partial charge in [0.1, 0.15) is 0 Å². The molecule has 27 heavy (non-hydrogen) atoms. The van der Waals surface area contributed by atoms with Gasteiger partial charge in [-0.25, -0.2) is 0 Å². The molecule has 0 atom stereocenters. The first-order valence-electron chi connectivity index (χ1n) is 8.90. The van der Waals surface area contributed by atoms with E-state index in [0.29, 0.717) is 17.7 Å². The van der Waals surface area contributed by atoms with E-state index in [9.17, 15) is 9.59 Å². The molecule has 0 radical (unpaired) electrons. The Morgan fingerprint density at radius 3 is 1.96 bits per heavy atom. The second-order valence-electron chi connectivity index (χ2n) is 6.27. The van der Waals surface area contributed by atoms with Gasteiger partial charge in [-0.15, -0.1) is 0 Å². The molecule has 0 fully saturated rings. The Bertz CT molecular complexity index is 891. The standard InChI is InChI=1S/C23H22N2O2/c1-25(21-10-6-3-7-11-21)23(27)20-14-12-19(13-15-20)22(26)24-17-16-18-8-4-2-5-9-18/h2-15H,16-17H2,1H3,(H,24,26). The summed E-state index contributed by atoms with van der Waals surface area (Å²) in [6.07, 6.45) is 0.783. The predicted molar refractivity (Wildman–Crippen MR) is 108 cm³/mol. The summed E-state index contributed by atoms with van der Waals surface area (Å²) in [4.78, 5) is 26.4. The Hall–Kier alpha value is -3.40. The van der Waals surface area contributed by atoms with E-state index < -0.39 is 0 Å². The Kier molecular flexibility index (Phi) is 6.00. The molecule has 0 bridgehead atoms. The van der Waals surface area contributed by atoms with Gasteiger partial charge in [0, 0.05) is 30.4 Å². The van der Waals surface area contributed by atoms with Crippen LogP contribution >= 0.6 is 0 Å². The van der Waals surface area contributed by atoms with Crippen LogP contribution in [0.5, 0.6) is 0 Å². The van der Waals surface area contributed by atoms with E-state index in [0.717, 1.165) is 12.1 Å². The van der Waals surface area contributed by atoms with Gasteiger partial charge in [0.25, 0.3) is 11.8 Å². The van der Waals surface area contributed by atoms with Crippen molar-refractivity contribution in [2.45, 2.75) is 6.42 Å². The van der Waals surface area contributed by atoms with E-state index in [2.05, 4.69) is 5.32 Å². The summed E-state index contributed by atoms with van der Waals surface area (Å²) >= 11 is 0. The minimum atomic E-state index is -0.138. The molecule has 4 heteroatoms. The first-order valence-corrected chi connectivity index (χ1v) is 8.90. The van der Waals surface area contributed by atoms with E-state index in [1.54, 1.807) is 36.2 Å². The number of para-hydroxylation sites is 1. The Morgan fingerprint density at radius 2 is 1.33 bits per heavy atom. The van der Waals surface area contributed by atoms with Gasteiger partial charge in [0.2, 0.25) is 0 Å². The molecule has 0 aliphatic heterocycles. The lowest BCUT2D eigenvalue weighted by atomic mass is 10.1. The van der Waals surface area contributed by atoms with E-state index in [1.807, 2.05) is 60.7 Å². The van der Waals surface area contributed by atoms with Crippen molar-refractivity contribution >= 4 is 17.5 Å². The zero-order valence-electron chi connectivity index (χ0n) is 15.3. The van der Waals surface area contributed by atoms with Crippen LogP contribution in [-0.2, 0) is 6.42 Å². The van der Waals surface area contributed by atoms with Crippen molar-refractivity contribution in [1.82, 2.24) is 5.32 Å². The van der Waals surface area contributed by atoms with Crippen molar-refractivity contribution in [2.75, 3.05) is 18.5 Å². The number of nitrogens with one attached hydrogen (secondary N) is 1. The third-order valence-corrected chi connectivity index (χ3v) is 4.38. The molecule has 0 spiro atoms. The lowest BCUT2D eigenvalue weighted by Gasteiger charge is -2.17. The van der Waals surface area contributed by atoms with Crippen LogP contribution < -0.4 is 10.2 Å². The third-order valence-electron chi connectivity index (χ3n) is 4.38. The minimum Gasteiger partial charge on any atom is -0.352 e. The average molecular weight is 358 g/mol. The zero-order chi connectivity index (χ0) is 19.1. The quantitative estimate of drug-likeness (QED) is 0.726. The molecular weight excluding hydrogens is 336 g/mol. The third kappa shape index (κ3) is 4.82. The van der Waals surface area contributed by atoms with Crippen LogP contribution in [0.15, 0.2) is 84.9 Å². The summed E-state index contributed by atoms with van der Waals surface area (Å²) in [5.41, 5.74) is 3.09. The molecule has 0 aliphatic carbocycles. The molecule has 0 heterocycles. The molecule has 0 saturated heterocycles. The van der Waals surface area contributed by atoms with Gasteiger partial charge < -0.3 is 10.2 Å². The summed E-state index contributed by atoms with van der Waals surface area (Å²) in [6.45, 7) is 0.570. The van der Waals surface area contributed by atoms with Gasteiger partial charge in [0.05, 0.1) is 0 Å². The van der Waals surface area contributed by atoms with Crippen LogP contribution in [0.3, 0.4) is 0 Å². The maximum absolute atomic E-state index is 12.6. The van der Waals surface area contributed by atoms with Gasteiger partial charge in [-0.3, -0.25) is 9.59 Å². The van der Waals surface area contributed by atoms with Crippen molar-refractivity contribution in [3.05, 3.63) is 102 Å². The van der Waals surface area contributed by atoms with Gasteiger partial charge in [-0.05, 0) is 48.4 Å². The average Bonchev–Trinajstić information content (AvgIpc) is 2.74. The SMILES string of the molecule is CN(C(=O)c1ccc(C(=O)NCCc2ccccc2)cc1)c1ccccc1. The van der Waals surface area contributed by atoms with Crippen molar-refractivity contribution in [2.24, 2.45) is 0 Å². The fraction of sp³-hybridized carbons (Fsp3) is 0.130. The van der Waals surface area contributed by atoms with E-state index >= 15 is 0 Å². The van der Waals surface area contributed by atoms with Crippen LogP contribution in [-0.4, -0.2) is 25.4 Å². The fourth-order valence-corrected chi connectivity index (χ4v) is 2.79. The number of rotatable bonds is 6. The zero-order valence-corrected chi connectivity index (χ0v) is 15.3. The molecule has 0 saturated carbocycles. The van der Waals surface area contributed by atoms with E-state index in [1.165, 1.54) is 5.56 Å². The monoisotopic (exact) mass is 358 g/mol. The summed E-state index contributed by atoms with van der Waals surface area (Å²) < 4.78 is 0. The van der Waals surface area contributed by atoms with Crippen LogP contribution in [0.1, 0.15) is 26.3 Å². The molecule has 3 rings (SSSR count). The van der Waals surface area contributed by atoms with Crippen molar-refractivity contribution in [1.29, 1.82) is 0 Å². The molecule has 3 aromatic rings. The lowest BCUT2D eigenvalue weighted by molar-refractivity contribution is 0.0951. The fourth-order valence-electron chi connectivity index (χ4n) is 2.79. The molecular formula is C23H22N2O2. The van der Waals surface area contributed by atoms with Crippen LogP contribution in [0, 0.1) is 0 Å². The predicted octanol–water partition coefficient (Wildman–Crippen LogP) is 3.94. The number of carbonyl (C=O) groups is 2. The Balaban J connectivity index is 1.57. The number of benzene rings is 3. The molecule has 1 N–H and O–H groups in total. The number of hydrogen-bond donors (Lipinski definition) is 1. The first kappa shape index (κ1) is 18.4. The van der Waals surface area contributed by atoms with Gasteiger partial charge in [-0.2, -0.15) is 0 Å².